The van der Waals surface area contributed by atoms with E-state index in [1.54, 1.807) is 54.6 Å². The Bertz CT molecular complexity index is 1110. The van der Waals surface area contributed by atoms with Gasteiger partial charge in [0, 0.05) is 23.7 Å². The molecule has 8 heteroatoms. The number of nitrogens with two attached hydrogens (primary N) is 1. The lowest BCUT2D eigenvalue weighted by molar-refractivity contribution is -0.116. The van der Waals surface area contributed by atoms with Gasteiger partial charge in [-0.3, -0.25) is 14.4 Å². The average molecular weight is 416 g/mol. The SMILES string of the molecule is C=CC(=O)NCc1ccc(C(=O)Nc2ccc(Oc3cccc(C(N)=O)c3)nc2)cc1. The van der Waals surface area contributed by atoms with Gasteiger partial charge in [0.2, 0.25) is 17.7 Å². The Kier molecular flexibility index (Phi) is 6.74. The summed E-state index contributed by atoms with van der Waals surface area (Å²) >= 11 is 0. The molecule has 0 aliphatic rings. The number of ether oxygens (including phenoxy) is 1. The smallest absolute Gasteiger partial charge is 0.255 e. The molecule has 0 spiro atoms. The minimum atomic E-state index is -0.550. The van der Waals surface area contributed by atoms with Crippen molar-refractivity contribution in [3.8, 4) is 11.6 Å². The minimum absolute atomic E-state index is 0.262. The number of primary amides is 1. The van der Waals surface area contributed by atoms with Crippen molar-refractivity contribution >= 4 is 23.4 Å². The van der Waals surface area contributed by atoms with Gasteiger partial charge in [0.1, 0.15) is 5.75 Å². The average Bonchev–Trinajstić information content (AvgIpc) is 2.79. The van der Waals surface area contributed by atoms with Crippen molar-refractivity contribution in [2.24, 2.45) is 5.73 Å². The third kappa shape index (κ3) is 6.01. The summed E-state index contributed by atoms with van der Waals surface area (Å²) in [6.07, 6.45) is 2.66. The van der Waals surface area contributed by atoms with Gasteiger partial charge in [0.25, 0.3) is 5.91 Å². The van der Waals surface area contributed by atoms with Gasteiger partial charge in [-0.2, -0.15) is 0 Å². The zero-order valence-corrected chi connectivity index (χ0v) is 16.5. The fourth-order valence-corrected chi connectivity index (χ4v) is 2.59. The molecule has 4 N–H and O–H groups in total. The molecule has 0 unspecified atom stereocenters. The summed E-state index contributed by atoms with van der Waals surface area (Å²) in [5, 5.41) is 5.42. The number of carbonyl (C=O) groups is 3. The van der Waals surface area contributed by atoms with Crippen LogP contribution in [0.2, 0.25) is 0 Å². The summed E-state index contributed by atoms with van der Waals surface area (Å²) in [5.41, 5.74) is 7.40. The highest BCUT2D eigenvalue weighted by atomic mass is 16.5. The van der Waals surface area contributed by atoms with Gasteiger partial charge in [0.15, 0.2) is 0 Å². The number of nitrogens with one attached hydrogen (secondary N) is 2. The number of rotatable bonds is 8. The highest BCUT2D eigenvalue weighted by molar-refractivity contribution is 6.04. The van der Waals surface area contributed by atoms with Crippen molar-refractivity contribution in [3.63, 3.8) is 0 Å². The van der Waals surface area contributed by atoms with E-state index in [0.29, 0.717) is 35.0 Å². The third-order valence-electron chi connectivity index (χ3n) is 4.20. The second kappa shape index (κ2) is 9.84. The number of pyridine rings is 1. The van der Waals surface area contributed by atoms with E-state index in [4.69, 9.17) is 10.5 Å². The number of amides is 3. The molecule has 0 bridgehead atoms. The van der Waals surface area contributed by atoms with Crippen LogP contribution >= 0.6 is 0 Å². The molecule has 8 nitrogen and oxygen atoms in total. The Balaban J connectivity index is 1.58. The van der Waals surface area contributed by atoms with Crippen molar-refractivity contribution < 1.29 is 19.1 Å². The molecule has 0 atom stereocenters. The number of anilines is 1. The van der Waals surface area contributed by atoms with Crippen LogP contribution in [0, 0.1) is 0 Å². The van der Waals surface area contributed by atoms with Crippen molar-refractivity contribution in [1.82, 2.24) is 10.3 Å². The number of aromatic nitrogens is 1. The molecule has 0 aliphatic carbocycles. The zero-order chi connectivity index (χ0) is 22.2. The van der Waals surface area contributed by atoms with Crippen LogP contribution in [-0.2, 0) is 11.3 Å². The summed E-state index contributed by atoms with van der Waals surface area (Å²) in [6.45, 7) is 3.74. The van der Waals surface area contributed by atoms with Crippen LogP contribution in [0.5, 0.6) is 11.6 Å². The maximum Gasteiger partial charge on any atom is 0.255 e. The van der Waals surface area contributed by atoms with E-state index >= 15 is 0 Å². The Hall–Kier alpha value is -4.46. The van der Waals surface area contributed by atoms with Crippen molar-refractivity contribution in [2.45, 2.75) is 6.54 Å². The molecule has 0 aliphatic heterocycles. The lowest BCUT2D eigenvalue weighted by Gasteiger charge is -2.08. The Labute approximate surface area is 178 Å². The molecular formula is C23H20N4O4. The van der Waals surface area contributed by atoms with Gasteiger partial charge in [-0.05, 0) is 48.0 Å². The first-order valence-corrected chi connectivity index (χ1v) is 9.29. The van der Waals surface area contributed by atoms with E-state index < -0.39 is 5.91 Å². The highest BCUT2D eigenvalue weighted by Gasteiger charge is 2.08. The van der Waals surface area contributed by atoms with Gasteiger partial charge in [-0.25, -0.2) is 4.98 Å². The number of carbonyl (C=O) groups excluding carboxylic acids is 3. The predicted octanol–water partition coefficient (Wildman–Crippen LogP) is 3.03. The number of nitrogens with zero attached hydrogens (tertiary/aromatic N) is 1. The summed E-state index contributed by atoms with van der Waals surface area (Å²) in [6, 6.07) is 16.5. The summed E-state index contributed by atoms with van der Waals surface area (Å²) in [5.74, 6) is -0.393. The highest BCUT2D eigenvalue weighted by Crippen LogP contribution is 2.21. The number of benzene rings is 2. The zero-order valence-electron chi connectivity index (χ0n) is 16.5. The fourth-order valence-electron chi connectivity index (χ4n) is 2.59. The van der Waals surface area contributed by atoms with Crippen LogP contribution in [0.15, 0.2) is 79.5 Å². The number of hydrogen-bond acceptors (Lipinski definition) is 5. The normalized spacial score (nSPS) is 10.1. The maximum absolute atomic E-state index is 12.4. The van der Waals surface area contributed by atoms with Crippen LogP contribution in [0.4, 0.5) is 5.69 Å². The van der Waals surface area contributed by atoms with Crippen molar-refractivity contribution in [1.29, 1.82) is 0 Å². The van der Waals surface area contributed by atoms with E-state index in [1.807, 2.05) is 0 Å². The standard InChI is InChI=1S/C23H20N4O4/c1-2-20(28)25-13-15-6-8-16(9-7-15)23(30)27-18-10-11-21(26-14-18)31-19-5-3-4-17(12-19)22(24)29/h2-12,14H,1,13H2,(H2,24,29)(H,25,28)(H,27,30). The van der Waals surface area contributed by atoms with Crippen LogP contribution in [0.1, 0.15) is 26.3 Å². The maximum atomic E-state index is 12.4. The minimum Gasteiger partial charge on any atom is -0.439 e. The summed E-state index contributed by atoms with van der Waals surface area (Å²) < 4.78 is 5.61. The van der Waals surface area contributed by atoms with E-state index in [2.05, 4.69) is 22.2 Å². The molecule has 1 aromatic heterocycles. The molecule has 3 rings (SSSR count). The molecule has 31 heavy (non-hydrogen) atoms. The molecule has 1 heterocycles. The van der Waals surface area contributed by atoms with E-state index in [9.17, 15) is 14.4 Å². The molecule has 0 saturated carbocycles. The predicted molar refractivity (Wildman–Crippen MR) is 116 cm³/mol. The van der Waals surface area contributed by atoms with Crippen molar-refractivity contribution in [3.05, 3.63) is 96.2 Å². The molecular weight excluding hydrogens is 396 g/mol. The van der Waals surface area contributed by atoms with Gasteiger partial charge >= 0.3 is 0 Å². The second-order valence-electron chi connectivity index (χ2n) is 6.45. The van der Waals surface area contributed by atoms with Gasteiger partial charge in [0.05, 0.1) is 11.9 Å². The van der Waals surface area contributed by atoms with Crippen LogP contribution in [0.3, 0.4) is 0 Å². The van der Waals surface area contributed by atoms with Gasteiger partial charge in [-0.15, -0.1) is 0 Å². The number of hydrogen-bond donors (Lipinski definition) is 3. The second-order valence-corrected chi connectivity index (χ2v) is 6.45. The molecule has 156 valence electrons. The first kappa shape index (κ1) is 21.3. The Morgan fingerprint density at radius 3 is 2.45 bits per heavy atom. The largest absolute Gasteiger partial charge is 0.439 e. The topological polar surface area (TPSA) is 123 Å². The van der Waals surface area contributed by atoms with E-state index in [-0.39, 0.29) is 11.8 Å². The third-order valence-corrected chi connectivity index (χ3v) is 4.20. The Morgan fingerprint density at radius 1 is 1.03 bits per heavy atom. The van der Waals surface area contributed by atoms with Crippen molar-refractivity contribution in [2.75, 3.05) is 5.32 Å². The molecule has 0 saturated heterocycles. The summed E-state index contributed by atoms with van der Waals surface area (Å²) in [7, 11) is 0. The van der Waals surface area contributed by atoms with Gasteiger partial charge < -0.3 is 21.1 Å². The monoisotopic (exact) mass is 416 g/mol. The van der Waals surface area contributed by atoms with Crippen LogP contribution < -0.4 is 21.1 Å². The first-order valence-electron chi connectivity index (χ1n) is 9.29. The van der Waals surface area contributed by atoms with Gasteiger partial charge in [-0.1, -0.05) is 24.8 Å². The molecule has 2 aromatic carbocycles. The molecule has 3 amide bonds. The fraction of sp³-hybridized carbons (Fsp3) is 0.0435. The lowest BCUT2D eigenvalue weighted by Crippen LogP contribution is -2.20. The lowest BCUT2D eigenvalue weighted by atomic mass is 10.1. The molecule has 0 radical (unpaired) electrons. The van der Waals surface area contributed by atoms with E-state index in [0.717, 1.165) is 5.56 Å². The Morgan fingerprint density at radius 2 is 1.81 bits per heavy atom. The van der Waals surface area contributed by atoms with Crippen LogP contribution in [0.25, 0.3) is 0 Å². The van der Waals surface area contributed by atoms with Crippen LogP contribution in [-0.4, -0.2) is 22.7 Å². The van der Waals surface area contributed by atoms with E-state index in [1.165, 1.54) is 18.3 Å². The quantitative estimate of drug-likeness (QED) is 0.487. The summed E-state index contributed by atoms with van der Waals surface area (Å²) in [4.78, 5) is 39.0. The molecule has 0 fully saturated rings. The molecule has 3 aromatic rings. The first-order chi connectivity index (χ1) is 14.9.